The quantitative estimate of drug-likeness (QED) is 0.745. The summed E-state index contributed by atoms with van der Waals surface area (Å²) in [7, 11) is 0. The SMILES string of the molecule is Fc1ccc(-c2nc3ncc(Br)cc3[nH]2)cc1. The van der Waals surface area contributed by atoms with Crippen LogP contribution in [0.1, 0.15) is 0 Å². The van der Waals surface area contributed by atoms with E-state index in [1.807, 2.05) is 6.07 Å². The molecule has 1 aromatic carbocycles. The van der Waals surface area contributed by atoms with Gasteiger partial charge in [0, 0.05) is 16.2 Å². The molecular weight excluding hydrogens is 285 g/mol. The zero-order chi connectivity index (χ0) is 11.8. The largest absolute Gasteiger partial charge is 0.337 e. The van der Waals surface area contributed by atoms with Crippen molar-refractivity contribution in [3.63, 3.8) is 0 Å². The van der Waals surface area contributed by atoms with Gasteiger partial charge < -0.3 is 4.98 Å². The minimum atomic E-state index is -0.259. The first-order valence-corrected chi connectivity index (χ1v) is 5.79. The van der Waals surface area contributed by atoms with Crippen molar-refractivity contribution in [2.75, 3.05) is 0 Å². The number of benzene rings is 1. The Morgan fingerprint density at radius 2 is 1.94 bits per heavy atom. The number of H-pyrrole nitrogens is 1. The number of rotatable bonds is 1. The number of hydrogen-bond acceptors (Lipinski definition) is 2. The van der Waals surface area contributed by atoms with E-state index in [-0.39, 0.29) is 5.82 Å². The highest BCUT2D eigenvalue weighted by molar-refractivity contribution is 9.10. The molecule has 1 N–H and O–H groups in total. The third kappa shape index (κ3) is 1.93. The minimum absolute atomic E-state index is 0.259. The average Bonchev–Trinajstić information content (AvgIpc) is 2.72. The third-order valence-electron chi connectivity index (χ3n) is 2.42. The predicted molar refractivity (Wildman–Crippen MR) is 67.0 cm³/mol. The molecule has 17 heavy (non-hydrogen) atoms. The summed E-state index contributed by atoms with van der Waals surface area (Å²) in [5, 5.41) is 0. The zero-order valence-corrected chi connectivity index (χ0v) is 10.2. The average molecular weight is 292 g/mol. The molecule has 0 saturated heterocycles. The van der Waals surface area contributed by atoms with Gasteiger partial charge in [0.05, 0.1) is 5.52 Å². The topological polar surface area (TPSA) is 41.6 Å². The molecule has 2 heterocycles. The maximum Gasteiger partial charge on any atom is 0.178 e. The zero-order valence-electron chi connectivity index (χ0n) is 8.61. The number of fused-ring (bicyclic) bond motifs is 1. The van der Waals surface area contributed by atoms with Crippen LogP contribution in [-0.4, -0.2) is 15.0 Å². The predicted octanol–water partition coefficient (Wildman–Crippen LogP) is 3.53. The molecule has 0 aliphatic carbocycles. The normalized spacial score (nSPS) is 10.9. The van der Waals surface area contributed by atoms with Gasteiger partial charge in [-0.05, 0) is 46.3 Å². The first-order chi connectivity index (χ1) is 8.22. The maximum absolute atomic E-state index is 12.8. The van der Waals surface area contributed by atoms with Crippen molar-refractivity contribution in [2.24, 2.45) is 0 Å². The second-order valence-electron chi connectivity index (χ2n) is 3.62. The van der Waals surface area contributed by atoms with E-state index in [1.165, 1.54) is 12.1 Å². The van der Waals surface area contributed by atoms with Crippen molar-refractivity contribution in [3.8, 4) is 11.4 Å². The summed E-state index contributed by atoms with van der Waals surface area (Å²) in [6, 6.07) is 8.09. The van der Waals surface area contributed by atoms with Crippen LogP contribution in [0.25, 0.3) is 22.6 Å². The number of aromatic amines is 1. The molecule has 0 saturated carbocycles. The van der Waals surface area contributed by atoms with Gasteiger partial charge in [-0.2, -0.15) is 0 Å². The molecule has 3 rings (SSSR count). The van der Waals surface area contributed by atoms with Gasteiger partial charge in [0.2, 0.25) is 0 Å². The van der Waals surface area contributed by atoms with E-state index in [2.05, 4.69) is 30.9 Å². The van der Waals surface area contributed by atoms with Crippen molar-refractivity contribution in [2.45, 2.75) is 0 Å². The molecule has 2 aromatic heterocycles. The Bertz CT molecular complexity index is 676. The van der Waals surface area contributed by atoms with Crippen LogP contribution in [0.2, 0.25) is 0 Å². The number of hydrogen-bond donors (Lipinski definition) is 1. The summed E-state index contributed by atoms with van der Waals surface area (Å²) < 4.78 is 13.7. The van der Waals surface area contributed by atoms with Crippen molar-refractivity contribution < 1.29 is 4.39 Å². The Hall–Kier alpha value is -1.75. The second-order valence-corrected chi connectivity index (χ2v) is 4.53. The summed E-state index contributed by atoms with van der Waals surface area (Å²) >= 11 is 3.35. The van der Waals surface area contributed by atoms with Crippen LogP contribution in [0.3, 0.4) is 0 Å². The number of halogens is 2. The van der Waals surface area contributed by atoms with Crippen molar-refractivity contribution in [1.82, 2.24) is 15.0 Å². The standard InChI is InChI=1S/C12H7BrFN3/c13-8-5-10-12(15-6-8)17-11(16-10)7-1-3-9(14)4-2-7/h1-6H,(H,15,16,17). The lowest BCUT2D eigenvalue weighted by Gasteiger charge is -1.94. The van der Waals surface area contributed by atoms with Gasteiger partial charge in [0.1, 0.15) is 11.6 Å². The highest BCUT2D eigenvalue weighted by Gasteiger charge is 2.06. The number of nitrogens with zero attached hydrogens (tertiary/aromatic N) is 2. The van der Waals surface area contributed by atoms with E-state index < -0.39 is 0 Å². The minimum Gasteiger partial charge on any atom is -0.337 e. The summed E-state index contributed by atoms with van der Waals surface area (Å²) in [6.45, 7) is 0. The van der Waals surface area contributed by atoms with Crippen LogP contribution in [0, 0.1) is 5.82 Å². The molecule has 0 spiro atoms. The van der Waals surface area contributed by atoms with E-state index in [1.54, 1.807) is 18.3 Å². The van der Waals surface area contributed by atoms with Gasteiger partial charge in [-0.3, -0.25) is 0 Å². The van der Waals surface area contributed by atoms with Crippen molar-refractivity contribution in [1.29, 1.82) is 0 Å². The van der Waals surface area contributed by atoms with Crippen LogP contribution in [0.15, 0.2) is 41.0 Å². The van der Waals surface area contributed by atoms with E-state index in [4.69, 9.17) is 0 Å². The number of nitrogens with one attached hydrogen (secondary N) is 1. The molecule has 0 fully saturated rings. The molecule has 0 aliphatic heterocycles. The smallest absolute Gasteiger partial charge is 0.178 e. The highest BCUT2D eigenvalue weighted by Crippen LogP contribution is 2.21. The molecule has 0 atom stereocenters. The molecule has 0 aliphatic rings. The number of pyridine rings is 1. The van der Waals surface area contributed by atoms with Gasteiger partial charge in [0.25, 0.3) is 0 Å². The second kappa shape index (κ2) is 3.92. The van der Waals surface area contributed by atoms with Crippen LogP contribution >= 0.6 is 15.9 Å². The summed E-state index contributed by atoms with van der Waals surface area (Å²) in [4.78, 5) is 11.7. The third-order valence-corrected chi connectivity index (χ3v) is 2.86. The van der Waals surface area contributed by atoms with E-state index in [9.17, 15) is 4.39 Å². The van der Waals surface area contributed by atoms with Crippen LogP contribution < -0.4 is 0 Å². The fraction of sp³-hybridized carbons (Fsp3) is 0. The Labute approximate surface area is 105 Å². The summed E-state index contributed by atoms with van der Waals surface area (Å²) in [5.74, 6) is 0.427. The van der Waals surface area contributed by atoms with Gasteiger partial charge in [-0.15, -0.1) is 0 Å². The molecule has 0 unspecified atom stereocenters. The van der Waals surface area contributed by atoms with Gasteiger partial charge in [-0.25, -0.2) is 14.4 Å². The van der Waals surface area contributed by atoms with Gasteiger partial charge >= 0.3 is 0 Å². The first kappa shape index (κ1) is 10.4. The van der Waals surface area contributed by atoms with E-state index in [0.29, 0.717) is 11.5 Å². The monoisotopic (exact) mass is 291 g/mol. The first-order valence-electron chi connectivity index (χ1n) is 4.99. The van der Waals surface area contributed by atoms with Crippen molar-refractivity contribution >= 4 is 27.1 Å². The van der Waals surface area contributed by atoms with Crippen LogP contribution in [0.4, 0.5) is 4.39 Å². The molecule has 3 aromatic rings. The number of imidazole rings is 1. The summed E-state index contributed by atoms with van der Waals surface area (Å²) in [6.07, 6.45) is 1.69. The fourth-order valence-corrected chi connectivity index (χ4v) is 1.95. The van der Waals surface area contributed by atoms with Gasteiger partial charge in [-0.1, -0.05) is 0 Å². The molecule has 84 valence electrons. The Morgan fingerprint density at radius 3 is 2.71 bits per heavy atom. The van der Waals surface area contributed by atoms with Crippen molar-refractivity contribution in [3.05, 3.63) is 46.8 Å². The molecule has 0 radical (unpaired) electrons. The highest BCUT2D eigenvalue weighted by atomic mass is 79.9. The Kier molecular flexibility index (Phi) is 2.40. The fourth-order valence-electron chi connectivity index (χ4n) is 1.62. The van der Waals surface area contributed by atoms with E-state index in [0.717, 1.165) is 15.6 Å². The van der Waals surface area contributed by atoms with Crippen LogP contribution in [0.5, 0.6) is 0 Å². The van der Waals surface area contributed by atoms with E-state index >= 15 is 0 Å². The Balaban J connectivity index is 2.14. The Morgan fingerprint density at radius 1 is 1.18 bits per heavy atom. The summed E-state index contributed by atoms with van der Waals surface area (Å²) in [5.41, 5.74) is 2.33. The molecule has 0 bridgehead atoms. The molecule has 5 heteroatoms. The van der Waals surface area contributed by atoms with Gasteiger partial charge in [0.15, 0.2) is 5.65 Å². The molecule has 3 nitrogen and oxygen atoms in total. The molecule has 0 amide bonds. The lowest BCUT2D eigenvalue weighted by atomic mass is 10.2. The molecular formula is C12H7BrFN3. The van der Waals surface area contributed by atoms with Crippen LogP contribution in [-0.2, 0) is 0 Å². The lowest BCUT2D eigenvalue weighted by Crippen LogP contribution is -1.80. The number of aromatic nitrogens is 3. The maximum atomic E-state index is 12.8. The lowest BCUT2D eigenvalue weighted by molar-refractivity contribution is 0.628.